The van der Waals surface area contributed by atoms with Gasteiger partial charge in [0.1, 0.15) is 12.1 Å². The van der Waals surface area contributed by atoms with Gasteiger partial charge in [0.25, 0.3) is 0 Å². The first-order valence-corrected chi connectivity index (χ1v) is 7.10. The molecule has 0 saturated carbocycles. The topological polar surface area (TPSA) is 99.2 Å². The first-order valence-electron chi connectivity index (χ1n) is 7.10. The summed E-state index contributed by atoms with van der Waals surface area (Å²) in [4.78, 5) is 47.4. The maximum atomic E-state index is 12.1. The molecular formula is C14H19NO7. The molecule has 0 radical (unpaired) electrons. The second-order valence-corrected chi connectivity index (χ2v) is 5.45. The van der Waals surface area contributed by atoms with Crippen LogP contribution in [-0.4, -0.2) is 59.6 Å². The van der Waals surface area contributed by atoms with E-state index in [9.17, 15) is 19.2 Å². The van der Waals surface area contributed by atoms with Crippen LogP contribution < -0.4 is 0 Å². The number of hydrogen-bond acceptors (Lipinski definition) is 7. The van der Waals surface area contributed by atoms with E-state index in [4.69, 9.17) is 14.2 Å². The smallest absolute Gasteiger partial charge is 0.303 e. The molecule has 0 unspecified atom stereocenters. The Kier molecular flexibility index (Phi) is 4.68. The molecule has 0 bridgehead atoms. The minimum Gasteiger partial charge on any atom is -0.460 e. The molecule has 2 fully saturated rings. The molecule has 0 N–H and O–H groups in total. The van der Waals surface area contributed by atoms with Crippen molar-refractivity contribution in [2.75, 3.05) is 6.54 Å². The first kappa shape index (κ1) is 16.3. The highest BCUT2D eigenvalue weighted by molar-refractivity contribution is 5.79. The minimum absolute atomic E-state index is 0.124. The zero-order chi connectivity index (χ0) is 16.4. The number of hydrogen-bond donors (Lipinski definition) is 0. The molecule has 4 atom stereocenters. The predicted molar refractivity (Wildman–Crippen MR) is 71.4 cm³/mol. The number of amides is 1. The lowest BCUT2D eigenvalue weighted by molar-refractivity contribution is -0.171. The van der Waals surface area contributed by atoms with Crippen LogP contribution >= 0.6 is 0 Å². The predicted octanol–water partition coefficient (Wildman–Crippen LogP) is -0.214. The second-order valence-electron chi connectivity index (χ2n) is 5.45. The van der Waals surface area contributed by atoms with Gasteiger partial charge in [0.2, 0.25) is 5.91 Å². The van der Waals surface area contributed by atoms with E-state index >= 15 is 0 Å². The lowest BCUT2D eigenvalue weighted by atomic mass is 9.96. The van der Waals surface area contributed by atoms with Crippen molar-refractivity contribution in [1.29, 1.82) is 0 Å². The summed E-state index contributed by atoms with van der Waals surface area (Å²) in [6.07, 6.45) is -1.60. The molecule has 1 amide bonds. The van der Waals surface area contributed by atoms with Crippen molar-refractivity contribution in [3.05, 3.63) is 0 Å². The van der Waals surface area contributed by atoms with Gasteiger partial charge in [-0.2, -0.15) is 0 Å². The van der Waals surface area contributed by atoms with Crippen LogP contribution in [0.1, 0.15) is 33.6 Å². The Hall–Kier alpha value is -2.12. The maximum Gasteiger partial charge on any atom is 0.303 e. The number of piperidine rings is 1. The standard InChI is InChI=1S/C14H19NO7/c1-7(16)20-10-4-5-12(19)15-6-11(21-8(2)17)14(13(10)15)22-9(3)18/h10-11,13-14H,4-6H2,1-3H3/t10-,11-,13-,14-/m1/s1. The summed E-state index contributed by atoms with van der Waals surface area (Å²) >= 11 is 0. The van der Waals surface area contributed by atoms with E-state index in [-0.39, 0.29) is 18.9 Å². The summed E-state index contributed by atoms with van der Waals surface area (Å²) in [6, 6.07) is -0.626. The number of ether oxygens (including phenoxy) is 3. The van der Waals surface area contributed by atoms with E-state index in [1.807, 2.05) is 0 Å². The van der Waals surface area contributed by atoms with E-state index in [1.54, 1.807) is 0 Å². The summed E-state index contributed by atoms with van der Waals surface area (Å²) in [6.45, 7) is 3.88. The van der Waals surface area contributed by atoms with Crippen molar-refractivity contribution in [2.24, 2.45) is 0 Å². The van der Waals surface area contributed by atoms with Gasteiger partial charge in [0.15, 0.2) is 12.2 Å². The molecule has 2 aliphatic heterocycles. The lowest BCUT2D eigenvalue weighted by Gasteiger charge is -2.37. The molecule has 0 aliphatic carbocycles. The zero-order valence-corrected chi connectivity index (χ0v) is 12.7. The van der Waals surface area contributed by atoms with Crippen molar-refractivity contribution < 1.29 is 33.4 Å². The van der Waals surface area contributed by atoms with E-state index < -0.39 is 42.3 Å². The third-order valence-electron chi connectivity index (χ3n) is 3.72. The van der Waals surface area contributed by atoms with Gasteiger partial charge in [0, 0.05) is 27.2 Å². The van der Waals surface area contributed by atoms with E-state index in [0.717, 1.165) is 0 Å². The van der Waals surface area contributed by atoms with Crippen LogP contribution in [0.15, 0.2) is 0 Å². The Labute approximate surface area is 127 Å². The quantitative estimate of drug-likeness (QED) is 0.525. The van der Waals surface area contributed by atoms with Crippen LogP contribution in [0.3, 0.4) is 0 Å². The molecule has 8 heteroatoms. The normalized spacial score (nSPS) is 30.5. The van der Waals surface area contributed by atoms with Gasteiger partial charge >= 0.3 is 17.9 Å². The molecule has 2 rings (SSSR count). The summed E-state index contributed by atoms with van der Waals surface area (Å²) in [5.74, 6) is -1.70. The van der Waals surface area contributed by atoms with E-state index in [2.05, 4.69) is 0 Å². The van der Waals surface area contributed by atoms with Crippen molar-refractivity contribution in [3.8, 4) is 0 Å². The number of fused-ring (bicyclic) bond motifs is 1. The van der Waals surface area contributed by atoms with Crippen molar-refractivity contribution in [3.63, 3.8) is 0 Å². The SMILES string of the molecule is CC(=O)O[C@H]1[C@H]2[C@H](OC(C)=O)CCC(=O)N2C[C@H]1OC(C)=O. The van der Waals surface area contributed by atoms with Crippen LogP contribution in [0.2, 0.25) is 0 Å². The first-order chi connectivity index (χ1) is 10.3. The third kappa shape index (κ3) is 3.37. The molecule has 0 aromatic heterocycles. The van der Waals surface area contributed by atoms with Gasteiger partial charge in [-0.25, -0.2) is 0 Å². The van der Waals surface area contributed by atoms with Gasteiger partial charge in [-0.1, -0.05) is 0 Å². The number of carbonyl (C=O) groups excluding carboxylic acids is 4. The summed E-state index contributed by atoms with van der Waals surface area (Å²) < 4.78 is 15.7. The summed E-state index contributed by atoms with van der Waals surface area (Å²) in [5, 5.41) is 0. The average Bonchev–Trinajstić information content (AvgIpc) is 2.71. The van der Waals surface area contributed by atoms with Gasteiger partial charge < -0.3 is 19.1 Å². The van der Waals surface area contributed by atoms with Crippen LogP contribution in [0.25, 0.3) is 0 Å². The fraction of sp³-hybridized carbons (Fsp3) is 0.714. The summed E-state index contributed by atoms with van der Waals surface area (Å²) in [7, 11) is 0. The minimum atomic E-state index is -0.838. The maximum absolute atomic E-state index is 12.1. The molecule has 0 aromatic carbocycles. The molecule has 2 heterocycles. The molecule has 22 heavy (non-hydrogen) atoms. The van der Waals surface area contributed by atoms with Crippen LogP contribution in [0.4, 0.5) is 0 Å². The molecule has 2 aliphatic rings. The number of nitrogens with zero attached hydrogens (tertiary/aromatic N) is 1. The number of carbonyl (C=O) groups is 4. The largest absolute Gasteiger partial charge is 0.460 e. The molecular weight excluding hydrogens is 294 g/mol. The number of rotatable bonds is 3. The molecule has 0 spiro atoms. The Morgan fingerprint density at radius 1 is 0.955 bits per heavy atom. The van der Waals surface area contributed by atoms with Gasteiger partial charge in [-0.05, 0) is 6.42 Å². The Balaban J connectivity index is 2.28. The Bertz CT molecular complexity index is 503. The highest BCUT2D eigenvalue weighted by Crippen LogP contribution is 2.34. The number of esters is 3. The van der Waals surface area contributed by atoms with E-state index in [0.29, 0.717) is 6.42 Å². The van der Waals surface area contributed by atoms with Crippen molar-refractivity contribution in [1.82, 2.24) is 4.90 Å². The van der Waals surface area contributed by atoms with Gasteiger partial charge in [-0.15, -0.1) is 0 Å². The van der Waals surface area contributed by atoms with Crippen LogP contribution in [0, 0.1) is 0 Å². The third-order valence-corrected chi connectivity index (χ3v) is 3.72. The Morgan fingerprint density at radius 2 is 1.50 bits per heavy atom. The van der Waals surface area contributed by atoms with E-state index in [1.165, 1.54) is 25.7 Å². The van der Waals surface area contributed by atoms with Crippen LogP contribution in [-0.2, 0) is 33.4 Å². The monoisotopic (exact) mass is 313 g/mol. The average molecular weight is 313 g/mol. The van der Waals surface area contributed by atoms with Crippen molar-refractivity contribution in [2.45, 2.75) is 58.0 Å². The van der Waals surface area contributed by atoms with Crippen molar-refractivity contribution >= 4 is 23.8 Å². The van der Waals surface area contributed by atoms with Gasteiger partial charge in [0.05, 0.1) is 6.54 Å². The fourth-order valence-corrected chi connectivity index (χ4v) is 3.07. The Morgan fingerprint density at radius 3 is 2.05 bits per heavy atom. The lowest BCUT2D eigenvalue weighted by Crippen LogP contribution is -2.53. The molecule has 8 nitrogen and oxygen atoms in total. The molecule has 122 valence electrons. The molecule has 2 saturated heterocycles. The highest BCUT2D eigenvalue weighted by Gasteiger charge is 2.54. The van der Waals surface area contributed by atoms with Gasteiger partial charge in [-0.3, -0.25) is 19.2 Å². The summed E-state index contributed by atoms with van der Waals surface area (Å²) in [5.41, 5.74) is 0. The zero-order valence-electron chi connectivity index (χ0n) is 12.7. The van der Waals surface area contributed by atoms with Crippen LogP contribution in [0.5, 0.6) is 0 Å². The second kappa shape index (κ2) is 6.33. The fourth-order valence-electron chi connectivity index (χ4n) is 3.07. The molecule has 0 aromatic rings. The highest BCUT2D eigenvalue weighted by atomic mass is 16.6.